The smallest absolute Gasteiger partial charge is 0.416 e. The maximum atomic E-state index is 13.2. The summed E-state index contributed by atoms with van der Waals surface area (Å²) in [5, 5.41) is 1.95. The predicted molar refractivity (Wildman–Crippen MR) is 127 cm³/mol. The topological polar surface area (TPSA) is 49.6 Å². The maximum absolute atomic E-state index is 13.2. The van der Waals surface area contributed by atoms with Crippen LogP contribution in [-0.4, -0.2) is 27.7 Å². The summed E-state index contributed by atoms with van der Waals surface area (Å²) in [4.78, 5) is 21.7. The van der Waals surface area contributed by atoms with E-state index in [2.05, 4.69) is 4.98 Å². The average Bonchev–Trinajstić information content (AvgIpc) is 3.51. The Labute approximate surface area is 205 Å². The third-order valence-electron chi connectivity index (χ3n) is 5.36. The van der Waals surface area contributed by atoms with Crippen molar-refractivity contribution in [3.05, 3.63) is 112 Å². The molecule has 0 unspecified atom stereocenters. The summed E-state index contributed by atoms with van der Waals surface area (Å²) in [5.41, 5.74) is 1.03. The van der Waals surface area contributed by atoms with Gasteiger partial charge in [0.2, 0.25) is 5.89 Å². The van der Waals surface area contributed by atoms with Gasteiger partial charge in [-0.2, -0.15) is 13.2 Å². The molecule has 9 heteroatoms. The first kappa shape index (κ1) is 24.7. The molecule has 0 saturated heterocycles. The number of hydrogen-bond donors (Lipinski definition) is 0. The Hall–Kier alpha value is -3.43. The maximum Gasteiger partial charge on any atom is 0.416 e. The Morgan fingerprint density at radius 1 is 0.943 bits per heavy atom. The average molecular weight is 500 g/mol. The Morgan fingerprint density at radius 3 is 2.43 bits per heavy atom. The molecule has 0 spiro atoms. The molecule has 4 aromatic rings. The highest BCUT2D eigenvalue weighted by Gasteiger charge is 2.30. The fraction of sp³-hybridized carbons (Fsp3) is 0.231. The van der Waals surface area contributed by atoms with Crippen molar-refractivity contribution in [3.63, 3.8) is 0 Å². The van der Waals surface area contributed by atoms with Crippen LogP contribution in [-0.2, 0) is 32.4 Å². The number of carbonyl (C=O) groups excluding carboxylic acids is 1. The van der Waals surface area contributed by atoms with E-state index in [-0.39, 0.29) is 24.7 Å². The van der Waals surface area contributed by atoms with Crippen LogP contribution in [0.15, 0.2) is 82.8 Å². The van der Waals surface area contributed by atoms with Crippen LogP contribution in [0.3, 0.4) is 0 Å². The van der Waals surface area contributed by atoms with Crippen LogP contribution in [0.4, 0.5) is 13.2 Å². The Kier molecular flexibility index (Phi) is 7.67. The minimum atomic E-state index is -4.40. The van der Waals surface area contributed by atoms with Crippen LogP contribution >= 0.6 is 11.3 Å². The van der Waals surface area contributed by atoms with Crippen molar-refractivity contribution in [3.8, 4) is 0 Å². The highest BCUT2D eigenvalue weighted by Crippen LogP contribution is 2.30. The number of nitrogens with zero attached hydrogens (tertiary/aromatic N) is 3. The minimum absolute atomic E-state index is 0.188. The van der Waals surface area contributed by atoms with Crippen LogP contribution in [0, 0.1) is 0 Å². The number of halogens is 3. The van der Waals surface area contributed by atoms with E-state index < -0.39 is 11.7 Å². The molecule has 182 valence electrons. The number of alkyl halides is 3. The van der Waals surface area contributed by atoms with E-state index in [0.717, 1.165) is 22.6 Å². The zero-order chi connectivity index (χ0) is 24.8. The number of benzene rings is 2. The molecule has 4 rings (SSSR count). The number of rotatable bonds is 9. The molecule has 2 aromatic carbocycles. The molecule has 0 aliphatic heterocycles. The second kappa shape index (κ2) is 10.9. The highest BCUT2D eigenvalue weighted by atomic mass is 32.1. The van der Waals surface area contributed by atoms with E-state index in [1.165, 1.54) is 12.3 Å². The van der Waals surface area contributed by atoms with Gasteiger partial charge in [-0.15, -0.1) is 11.3 Å². The number of amides is 1. The first-order chi connectivity index (χ1) is 16.8. The van der Waals surface area contributed by atoms with Gasteiger partial charge in [-0.05, 0) is 28.6 Å². The molecule has 0 saturated carbocycles. The van der Waals surface area contributed by atoms with Gasteiger partial charge in [0.25, 0.3) is 5.91 Å². The summed E-state index contributed by atoms with van der Waals surface area (Å²) in [6.45, 7) is 1.45. The molecule has 1 amide bonds. The highest BCUT2D eigenvalue weighted by molar-refractivity contribution is 7.09. The molecule has 2 aromatic heterocycles. The normalized spacial score (nSPS) is 11.7. The second-order valence-corrected chi connectivity index (χ2v) is 9.23. The zero-order valence-electron chi connectivity index (χ0n) is 19.0. The van der Waals surface area contributed by atoms with Gasteiger partial charge in [0.1, 0.15) is 6.26 Å². The first-order valence-corrected chi connectivity index (χ1v) is 11.8. The monoisotopic (exact) mass is 499 g/mol. The Balaban J connectivity index is 1.47. The van der Waals surface area contributed by atoms with Crippen LogP contribution in [0.1, 0.15) is 37.9 Å². The quantitative estimate of drug-likeness (QED) is 0.274. The van der Waals surface area contributed by atoms with Crippen LogP contribution in [0.5, 0.6) is 0 Å². The molecule has 0 bridgehead atoms. The molecule has 0 N–H and O–H groups in total. The summed E-state index contributed by atoms with van der Waals surface area (Å²) in [5.74, 6) is 0.0523. The first-order valence-electron chi connectivity index (χ1n) is 10.9. The van der Waals surface area contributed by atoms with Crippen LogP contribution in [0.25, 0.3) is 0 Å². The summed E-state index contributed by atoms with van der Waals surface area (Å²) in [6.07, 6.45) is -3.08. The van der Waals surface area contributed by atoms with E-state index >= 15 is 0 Å². The van der Waals surface area contributed by atoms with Gasteiger partial charge >= 0.3 is 6.18 Å². The largest absolute Gasteiger partial charge is 0.447 e. The fourth-order valence-corrected chi connectivity index (χ4v) is 4.44. The van der Waals surface area contributed by atoms with Gasteiger partial charge in [0, 0.05) is 31.6 Å². The van der Waals surface area contributed by atoms with E-state index in [1.807, 2.05) is 52.7 Å². The predicted octanol–water partition coefficient (Wildman–Crippen LogP) is 6.23. The third kappa shape index (κ3) is 6.80. The number of hydrogen-bond acceptors (Lipinski definition) is 5. The molecule has 0 fully saturated rings. The third-order valence-corrected chi connectivity index (χ3v) is 6.22. The lowest BCUT2D eigenvalue weighted by atomic mass is 10.1. The molecule has 0 aliphatic carbocycles. The summed E-state index contributed by atoms with van der Waals surface area (Å²) >= 11 is 1.56. The molecular weight excluding hydrogens is 475 g/mol. The molecular formula is C26H24F3N3O2S. The van der Waals surface area contributed by atoms with Gasteiger partial charge in [0.05, 0.1) is 12.1 Å². The number of oxazole rings is 1. The van der Waals surface area contributed by atoms with Crippen molar-refractivity contribution < 1.29 is 22.4 Å². The molecule has 35 heavy (non-hydrogen) atoms. The lowest BCUT2D eigenvalue weighted by molar-refractivity contribution is -0.137. The molecule has 5 nitrogen and oxygen atoms in total. The van der Waals surface area contributed by atoms with E-state index in [4.69, 9.17) is 4.42 Å². The molecule has 2 heterocycles. The number of thiophene rings is 1. The lowest BCUT2D eigenvalue weighted by Crippen LogP contribution is -2.26. The van der Waals surface area contributed by atoms with Crippen molar-refractivity contribution >= 4 is 17.2 Å². The van der Waals surface area contributed by atoms with Gasteiger partial charge in [-0.3, -0.25) is 9.69 Å². The van der Waals surface area contributed by atoms with Crippen LogP contribution < -0.4 is 0 Å². The van der Waals surface area contributed by atoms with E-state index in [1.54, 1.807) is 29.4 Å². The Bertz CT molecular complexity index is 1240. The molecule has 0 atom stereocenters. The fourth-order valence-electron chi connectivity index (χ4n) is 3.69. The van der Waals surface area contributed by atoms with Crippen molar-refractivity contribution in [2.45, 2.75) is 32.4 Å². The van der Waals surface area contributed by atoms with Gasteiger partial charge in [0.15, 0.2) is 5.69 Å². The van der Waals surface area contributed by atoms with Crippen molar-refractivity contribution in [2.24, 2.45) is 0 Å². The SMILES string of the molecule is CN(Cc1ccccc1)C(=O)c1coc(CN(Cc2cccc(C(F)(F)F)c2)Cc2cccs2)n1. The molecule has 0 radical (unpaired) electrons. The number of carbonyl (C=O) groups is 1. The van der Waals surface area contributed by atoms with Crippen molar-refractivity contribution in [1.82, 2.24) is 14.8 Å². The Morgan fingerprint density at radius 2 is 1.71 bits per heavy atom. The van der Waals surface area contributed by atoms with Gasteiger partial charge in [-0.25, -0.2) is 4.98 Å². The van der Waals surface area contributed by atoms with E-state index in [9.17, 15) is 18.0 Å². The summed E-state index contributed by atoms with van der Waals surface area (Å²) < 4.78 is 45.1. The standard InChI is InChI=1S/C26H24F3N3O2S/c1-31(14-19-7-3-2-4-8-19)25(33)23-18-34-24(30-23)17-32(16-22-11-6-12-35-22)15-20-9-5-10-21(13-20)26(27,28)29/h2-13,18H,14-17H2,1H3. The molecule has 0 aliphatic rings. The summed E-state index contributed by atoms with van der Waals surface area (Å²) in [6, 6.07) is 18.8. The minimum Gasteiger partial charge on any atom is -0.447 e. The van der Waals surface area contributed by atoms with Crippen molar-refractivity contribution in [1.29, 1.82) is 0 Å². The second-order valence-electron chi connectivity index (χ2n) is 8.20. The van der Waals surface area contributed by atoms with Gasteiger partial charge < -0.3 is 9.32 Å². The van der Waals surface area contributed by atoms with Crippen LogP contribution in [0.2, 0.25) is 0 Å². The van der Waals surface area contributed by atoms with Gasteiger partial charge in [-0.1, -0.05) is 54.6 Å². The number of aromatic nitrogens is 1. The zero-order valence-corrected chi connectivity index (χ0v) is 19.9. The summed E-state index contributed by atoms with van der Waals surface area (Å²) in [7, 11) is 1.69. The lowest BCUT2D eigenvalue weighted by Gasteiger charge is -2.21. The van der Waals surface area contributed by atoms with Crippen molar-refractivity contribution in [2.75, 3.05) is 7.05 Å². The van der Waals surface area contributed by atoms with E-state index in [0.29, 0.717) is 24.5 Å².